The van der Waals surface area contributed by atoms with Gasteiger partial charge in [0.1, 0.15) is 0 Å². The maximum Gasteiger partial charge on any atom is 0.236 e. The van der Waals surface area contributed by atoms with Crippen LogP contribution in [-0.2, 0) is 4.79 Å². The number of hydrogen-bond acceptors (Lipinski definition) is 5. The van der Waals surface area contributed by atoms with Gasteiger partial charge in [-0.3, -0.25) is 14.6 Å². The number of carbonyl (C=O) groups is 1. The lowest BCUT2D eigenvalue weighted by Gasteiger charge is -2.37. The van der Waals surface area contributed by atoms with E-state index in [0.717, 1.165) is 52.4 Å². The van der Waals surface area contributed by atoms with E-state index in [9.17, 15) is 4.79 Å². The van der Waals surface area contributed by atoms with Gasteiger partial charge in [-0.1, -0.05) is 12.2 Å². The molecule has 0 spiro atoms. The average molecular weight is 299 g/mol. The molecule has 114 valence electrons. The fourth-order valence-corrected chi connectivity index (χ4v) is 2.86. The van der Waals surface area contributed by atoms with Gasteiger partial charge in [-0.25, -0.2) is 0 Å². The molecule has 2 aliphatic rings. The number of nitrogens with two attached hydrogens (primary N) is 1. The molecule has 0 atom stereocenters. The number of piperazine rings is 2. The van der Waals surface area contributed by atoms with Gasteiger partial charge in [0.25, 0.3) is 0 Å². The lowest BCUT2D eigenvalue weighted by molar-refractivity contribution is -0.134. The highest BCUT2D eigenvalue weighted by Gasteiger charge is 2.23. The highest BCUT2D eigenvalue weighted by molar-refractivity contribution is 7.80. The molecule has 0 aromatic rings. The molecule has 2 N–H and O–H groups in total. The van der Waals surface area contributed by atoms with E-state index in [0.29, 0.717) is 18.1 Å². The molecular formula is C13H25N5OS. The van der Waals surface area contributed by atoms with Gasteiger partial charge in [0.15, 0.2) is 0 Å². The zero-order valence-corrected chi connectivity index (χ0v) is 13.1. The molecule has 0 saturated carbocycles. The van der Waals surface area contributed by atoms with Crippen LogP contribution in [0, 0.1) is 0 Å². The first-order valence-corrected chi connectivity index (χ1v) is 7.65. The highest BCUT2D eigenvalue weighted by Crippen LogP contribution is 2.05. The van der Waals surface area contributed by atoms with Crippen LogP contribution in [0.2, 0.25) is 0 Å². The summed E-state index contributed by atoms with van der Waals surface area (Å²) in [6, 6.07) is 0. The molecule has 0 aromatic heterocycles. The molecule has 1 amide bonds. The van der Waals surface area contributed by atoms with Crippen LogP contribution in [0.15, 0.2) is 0 Å². The largest absolute Gasteiger partial charge is 0.392 e. The topological polar surface area (TPSA) is 56.0 Å². The Bertz CT molecular complexity index is 349. The average Bonchev–Trinajstić information content (AvgIpc) is 2.41. The van der Waals surface area contributed by atoms with E-state index < -0.39 is 0 Å². The Balaban J connectivity index is 1.69. The quantitative estimate of drug-likeness (QED) is 0.649. The van der Waals surface area contributed by atoms with E-state index in [-0.39, 0.29) is 5.91 Å². The normalized spacial score (nSPS) is 22.9. The van der Waals surface area contributed by atoms with Crippen molar-refractivity contribution in [3.63, 3.8) is 0 Å². The highest BCUT2D eigenvalue weighted by atomic mass is 32.1. The molecular weight excluding hydrogens is 274 g/mol. The summed E-state index contributed by atoms with van der Waals surface area (Å²) in [5, 5.41) is 0. The maximum atomic E-state index is 12.2. The number of carbonyl (C=O) groups excluding carboxylic acids is 1. The van der Waals surface area contributed by atoms with Gasteiger partial charge in [0.2, 0.25) is 5.91 Å². The third-order valence-electron chi connectivity index (χ3n) is 4.06. The van der Waals surface area contributed by atoms with E-state index in [1.165, 1.54) is 0 Å². The van der Waals surface area contributed by atoms with Crippen LogP contribution in [0.3, 0.4) is 0 Å². The lowest BCUT2D eigenvalue weighted by atomic mass is 10.2. The van der Waals surface area contributed by atoms with Gasteiger partial charge in [-0.2, -0.15) is 0 Å². The second kappa shape index (κ2) is 7.31. The Labute approximate surface area is 126 Å². The van der Waals surface area contributed by atoms with Crippen LogP contribution < -0.4 is 5.73 Å². The third-order valence-corrected chi connectivity index (χ3v) is 4.19. The Hall–Kier alpha value is -0.760. The van der Waals surface area contributed by atoms with Gasteiger partial charge in [-0.05, 0) is 7.05 Å². The smallest absolute Gasteiger partial charge is 0.236 e. The summed E-state index contributed by atoms with van der Waals surface area (Å²) in [6.45, 7) is 8.62. The molecule has 2 heterocycles. The van der Waals surface area contributed by atoms with Crippen LogP contribution in [0.25, 0.3) is 0 Å². The summed E-state index contributed by atoms with van der Waals surface area (Å²) in [6.07, 6.45) is 0. The summed E-state index contributed by atoms with van der Waals surface area (Å²) in [5.74, 6) is 0.265. The van der Waals surface area contributed by atoms with Crippen molar-refractivity contribution in [2.24, 2.45) is 5.73 Å². The molecule has 2 aliphatic heterocycles. The van der Waals surface area contributed by atoms with Crippen molar-refractivity contribution in [1.29, 1.82) is 0 Å². The van der Waals surface area contributed by atoms with E-state index in [2.05, 4.69) is 21.7 Å². The molecule has 20 heavy (non-hydrogen) atoms. The SMILES string of the molecule is CN1CCN(C(=O)CN2CCN(CC(N)=S)CC2)CC1. The number of hydrogen-bond donors (Lipinski definition) is 1. The Morgan fingerprint density at radius 3 is 1.95 bits per heavy atom. The maximum absolute atomic E-state index is 12.2. The lowest BCUT2D eigenvalue weighted by Crippen LogP contribution is -2.53. The minimum absolute atomic E-state index is 0.265. The van der Waals surface area contributed by atoms with Crippen molar-refractivity contribution >= 4 is 23.1 Å². The first kappa shape index (κ1) is 15.6. The van der Waals surface area contributed by atoms with E-state index in [4.69, 9.17) is 18.0 Å². The predicted molar refractivity (Wildman–Crippen MR) is 83.7 cm³/mol. The minimum Gasteiger partial charge on any atom is -0.392 e. The molecule has 2 fully saturated rings. The number of thiocarbonyl (C=S) groups is 1. The van der Waals surface area contributed by atoms with Gasteiger partial charge in [0, 0.05) is 58.9 Å². The molecule has 2 saturated heterocycles. The fraction of sp³-hybridized carbons (Fsp3) is 0.846. The Kier molecular flexibility index (Phi) is 5.71. The van der Waals surface area contributed by atoms with Crippen molar-refractivity contribution < 1.29 is 4.79 Å². The molecule has 0 aliphatic carbocycles. The second-order valence-electron chi connectivity index (χ2n) is 5.70. The summed E-state index contributed by atoms with van der Waals surface area (Å²) in [4.78, 5) is 21.5. The summed E-state index contributed by atoms with van der Waals surface area (Å²) in [7, 11) is 2.10. The van der Waals surface area contributed by atoms with E-state index in [1.807, 2.05) is 4.90 Å². The van der Waals surface area contributed by atoms with Crippen molar-refractivity contribution in [3.8, 4) is 0 Å². The third kappa shape index (κ3) is 4.66. The summed E-state index contributed by atoms with van der Waals surface area (Å²) in [5.41, 5.74) is 5.56. The van der Waals surface area contributed by atoms with Crippen LogP contribution >= 0.6 is 12.2 Å². The van der Waals surface area contributed by atoms with E-state index >= 15 is 0 Å². The van der Waals surface area contributed by atoms with Gasteiger partial charge >= 0.3 is 0 Å². The van der Waals surface area contributed by atoms with Gasteiger partial charge < -0.3 is 15.5 Å². The van der Waals surface area contributed by atoms with Crippen LogP contribution in [-0.4, -0.2) is 103 Å². The Morgan fingerprint density at radius 2 is 1.45 bits per heavy atom. The number of rotatable bonds is 4. The monoisotopic (exact) mass is 299 g/mol. The van der Waals surface area contributed by atoms with Crippen molar-refractivity contribution in [3.05, 3.63) is 0 Å². The number of likely N-dealkylation sites (N-methyl/N-ethyl adjacent to an activating group) is 1. The van der Waals surface area contributed by atoms with Crippen molar-refractivity contribution in [2.75, 3.05) is 72.5 Å². The second-order valence-corrected chi connectivity index (χ2v) is 6.23. The van der Waals surface area contributed by atoms with Crippen molar-refractivity contribution in [2.45, 2.75) is 0 Å². The Morgan fingerprint density at radius 1 is 0.950 bits per heavy atom. The predicted octanol–water partition coefficient (Wildman–Crippen LogP) is -1.34. The first-order chi connectivity index (χ1) is 9.54. The molecule has 6 nitrogen and oxygen atoms in total. The molecule has 7 heteroatoms. The van der Waals surface area contributed by atoms with Crippen molar-refractivity contribution in [1.82, 2.24) is 19.6 Å². The van der Waals surface area contributed by atoms with Crippen LogP contribution in [0.4, 0.5) is 0 Å². The molecule has 0 bridgehead atoms. The number of amides is 1. The zero-order valence-electron chi connectivity index (χ0n) is 12.3. The van der Waals surface area contributed by atoms with Crippen LogP contribution in [0.5, 0.6) is 0 Å². The van der Waals surface area contributed by atoms with Crippen LogP contribution in [0.1, 0.15) is 0 Å². The number of nitrogens with zero attached hydrogens (tertiary/aromatic N) is 4. The summed E-state index contributed by atoms with van der Waals surface area (Å²) < 4.78 is 0. The molecule has 0 unspecified atom stereocenters. The molecule has 2 rings (SSSR count). The fourth-order valence-electron chi connectivity index (χ4n) is 2.67. The van der Waals surface area contributed by atoms with Gasteiger partial charge in [0.05, 0.1) is 11.5 Å². The van der Waals surface area contributed by atoms with Gasteiger partial charge in [-0.15, -0.1) is 0 Å². The first-order valence-electron chi connectivity index (χ1n) is 7.24. The molecule has 0 radical (unpaired) electrons. The minimum atomic E-state index is 0.265. The zero-order chi connectivity index (χ0) is 14.5. The molecule has 0 aromatic carbocycles. The van der Waals surface area contributed by atoms with E-state index in [1.54, 1.807) is 0 Å². The summed E-state index contributed by atoms with van der Waals surface area (Å²) >= 11 is 4.93. The standard InChI is InChI=1S/C13H25N5OS/c1-15-2-8-18(9-3-15)13(19)11-17-6-4-16(5-7-17)10-12(14)20/h2-11H2,1H3,(H2,14,20).